The van der Waals surface area contributed by atoms with E-state index in [0.717, 1.165) is 44.0 Å². The molecule has 4 heteroatoms. The van der Waals surface area contributed by atoms with Crippen molar-refractivity contribution in [3.05, 3.63) is 35.9 Å². The maximum atomic E-state index is 12.1. The molecule has 1 aromatic carbocycles. The van der Waals surface area contributed by atoms with Gasteiger partial charge in [-0.3, -0.25) is 0 Å². The molecule has 0 unspecified atom stereocenters. The van der Waals surface area contributed by atoms with Gasteiger partial charge in [-0.15, -0.1) is 0 Å². The summed E-state index contributed by atoms with van der Waals surface area (Å²) in [6, 6.07) is 9.81. The summed E-state index contributed by atoms with van der Waals surface area (Å²) >= 11 is 0. The monoisotopic (exact) mass is 317 g/mol. The van der Waals surface area contributed by atoms with Crippen molar-refractivity contribution in [2.24, 2.45) is 11.8 Å². The van der Waals surface area contributed by atoms with Crippen LogP contribution in [-0.2, 0) is 16.1 Å². The van der Waals surface area contributed by atoms with E-state index in [2.05, 4.69) is 6.92 Å². The van der Waals surface area contributed by atoms with Crippen molar-refractivity contribution in [3.63, 3.8) is 0 Å². The lowest BCUT2D eigenvalue weighted by Gasteiger charge is -2.36. The minimum absolute atomic E-state index is 0.193. The van der Waals surface area contributed by atoms with Crippen LogP contribution in [0.2, 0.25) is 0 Å². The molecule has 1 aliphatic carbocycles. The second-order valence-corrected chi connectivity index (χ2v) is 7.00. The third kappa shape index (κ3) is 4.71. The number of rotatable bonds is 5. The first kappa shape index (κ1) is 16.3. The number of hydrogen-bond acceptors (Lipinski definition) is 3. The molecule has 2 aliphatic rings. The highest BCUT2D eigenvalue weighted by atomic mass is 16.6. The predicted octanol–water partition coefficient (Wildman–Crippen LogP) is 3.85. The van der Waals surface area contributed by atoms with Gasteiger partial charge in [0.15, 0.2) is 0 Å². The van der Waals surface area contributed by atoms with Crippen molar-refractivity contribution in [2.45, 2.75) is 45.3 Å². The van der Waals surface area contributed by atoms with E-state index in [1.54, 1.807) is 0 Å². The highest BCUT2D eigenvalue weighted by Crippen LogP contribution is 2.30. The van der Waals surface area contributed by atoms with E-state index in [4.69, 9.17) is 9.47 Å². The Morgan fingerprint density at radius 1 is 1.17 bits per heavy atom. The maximum absolute atomic E-state index is 12.1. The van der Waals surface area contributed by atoms with Crippen molar-refractivity contribution in [1.29, 1.82) is 0 Å². The van der Waals surface area contributed by atoms with E-state index in [9.17, 15) is 4.79 Å². The summed E-state index contributed by atoms with van der Waals surface area (Å²) in [5.74, 6) is 1.42. The number of carbonyl (C=O) groups is 1. The minimum Gasteiger partial charge on any atom is -0.445 e. The summed E-state index contributed by atoms with van der Waals surface area (Å²) in [4.78, 5) is 13.9. The largest absolute Gasteiger partial charge is 0.445 e. The molecular formula is C19H27NO3. The normalized spacial score (nSPS) is 25.0. The Morgan fingerprint density at radius 2 is 1.87 bits per heavy atom. The lowest BCUT2D eigenvalue weighted by atomic mass is 9.84. The number of hydrogen-bond donors (Lipinski definition) is 0. The molecule has 0 N–H and O–H groups in total. The molecule has 126 valence electrons. The summed E-state index contributed by atoms with van der Waals surface area (Å²) in [6.07, 6.45) is 4.75. The fourth-order valence-electron chi connectivity index (χ4n) is 3.33. The van der Waals surface area contributed by atoms with Gasteiger partial charge in [-0.2, -0.15) is 0 Å². The van der Waals surface area contributed by atoms with E-state index >= 15 is 0 Å². The van der Waals surface area contributed by atoms with Crippen LogP contribution in [0, 0.1) is 11.8 Å². The Kier molecular flexibility index (Phi) is 5.55. The minimum atomic E-state index is -0.193. The smallest absolute Gasteiger partial charge is 0.410 e. The molecule has 1 amide bonds. The summed E-state index contributed by atoms with van der Waals surface area (Å²) < 4.78 is 11.3. The van der Waals surface area contributed by atoms with Crippen LogP contribution in [-0.4, -0.2) is 36.8 Å². The molecule has 0 radical (unpaired) electrons. The highest BCUT2D eigenvalue weighted by molar-refractivity contribution is 5.67. The van der Waals surface area contributed by atoms with Gasteiger partial charge in [0.05, 0.1) is 6.10 Å². The molecule has 0 spiro atoms. The Balaban J connectivity index is 1.32. The average molecular weight is 317 g/mol. The predicted molar refractivity (Wildman–Crippen MR) is 89.1 cm³/mol. The zero-order chi connectivity index (χ0) is 16.1. The summed E-state index contributed by atoms with van der Waals surface area (Å²) in [7, 11) is 0. The average Bonchev–Trinajstić information content (AvgIpc) is 2.57. The van der Waals surface area contributed by atoms with Gasteiger partial charge < -0.3 is 14.4 Å². The van der Waals surface area contributed by atoms with Crippen LogP contribution in [0.4, 0.5) is 4.79 Å². The van der Waals surface area contributed by atoms with Gasteiger partial charge in [-0.1, -0.05) is 37.3 Å². The maximum Gasteiger partial charge on any atom is 0.410 e. The van der Waals surface area contributed by atoms with E-state index in [0.29, 0.717) is 18.6 Å². The van der Waals surface area contributed by atoms with E-state index in [-0.39, 0.29) is 6.09 Å². The molecule has 4 nitrogen and oxygen atoms in total. The Labute approximate surface area is 138 Å². The van der Waals surface area contributed by atoms with E-state index < -0.39 is 0 Å². The van der Waals surface area contributed by atoms with Crippen molar-refractivity contribution < 1.29 is 14.3 Å². The standard InChI is InChI=1S/C19H27NO3/c1-15-11-18(12-15)22-13-17-7-9-20(10-8-17)19(21)23-14-16-5-3-2-4-6-16/h2-6,15,17-18H,7-14H2,1H3/t15-,18-. The van der Waals surface area contributed by atoms with Gasteiger partial charge in [-0.25, -0.2) is 4.79 Å². The van der Waals surface area contributed by atoms with Gasteiger partial charge in [0.2, 0.25) is 0 Å². The molecule has 0 aromatic heterocycles. The molecule has 1 aromatic rings. The quantitative estimate of drug-likeness (QED) is 0.828. The molecule has 23 heavy (non-hydrogen) atoms. The number of likely N-dealkylation sites (tertiary alicyclic amines) is 1. The summed E-state index contributed by atoms with van der Waals surface area (Å²) in [5.41, 5.74) is 1.03. The van der Waals surface area contributed by atoms with Gasteiger partial charge in [-0.05, 0) is 43.1 Å². The first-order valence-electron chi connectivity index (χ1n) is 8.78. The Morgan fingerprint density at radius 3 is 2.52 bits per heavy atom. The van der Waals surface area contributed by atoms with Crippen LogP contribution in [0.1, 0.15) is 38.2 Å². The van der Waals surface area contributed by atoms with Crippen molar-refractivity contribution in [1.82, 2.24) is 4.90 Å². The van der Waals surface area contributed by atoms with Gasteiger partial charge in [0.1, 0.15) is 6.61 Å². The number of nitrogens with zero attached hydrogens (tertiary/aromatic N) is 1. The molecule has 1 heterocycles. The summed E-state index contributed by atoms with van der Waals surface area (Å²) in [5, 5.41) is 0. The second kappa shape index (κ2) is 7.82. The molecule has 0 atom stereocenters. The van der Waals surface area contributed by atoms with Crippen LogP contribution >= 0.6 is 0 Å². The SMILES string of the molecule is C[C@H]1C[C@H](OCC2CCN(C(=O)OCc3ccccc3)CC2)C1. The first-order valence-corrected chi connectivity index (χ1v) is 8.78. The lowest BCUT2D eigenvalue weighted by Crippen LogP contribution is -2.40. The second-order valence-electron chi connectivity index (χ2n) is 7.00. The third-order valence-corrected chi connectivity index (χ3v) is 4.98. The number of carbonyl (C=O) groups excluding carboxylic acids is 1. The van der Waals surface area contributed by atoms with E-state index in [1.165, 1.54) is 12.8 Å². The molecule has 0 bridgehead atoms. The zero-order valence-corrected chi connectivity index (χ0v) is 13.9. The third-order valence-electron chi connectivity index (χ3n) is 4.98. The lowest BCUT2D eigenvalue weighted by molar-refractivity contribution is -0.0476. The molecule has 1 aliphatic heterocycles. The molecule has 1 saturated carbocycles. The van der Waals surface area contributed by atoms with Crippen LogP contribution in [0.5, 0.6) is 0 Å². The van der Waals surface area contributed by atoms with Crippen LogP contribution in [0.25, 0.3) is 0 Å². The van der Waals surface area contributed by atoms with Crippen LogP contribution in [0.15, 0.2) is 30.3 Å². The van der Waals surface area contributed by atoms with Gasteiger partial charge in [0, 0.05) is 19.7 Å². The van der Waals surface area contributed by atoms with Crippen LogP contribution in [0.3, 0.4) is 0 Å². The van der Waals surface area contributed by atoms with Gasteiger partial charge in [0.25, 0.3) is 0 Å². The number of piperidine rings is 1. The Bertz CT molecular complexity index is 491. The van der Waals surface area contributed by atoms with Crippen LogP contribution < -0.4 is 0 Å². The Hall–Kier alpha value is -1.55. The zero-order valence-electron chi connectivity index (χ0n) is 13.9. The number of benzene rings is 1. The van der Waals surface area contributed by atoms with Gasteiger partial charge >= 0.3 is 6.09 Å². The molecule has 2 fully saturated rings. The first-order chi connectivity index (χ1) is 11.2. The summed E-state index contributed by atoms with van der Waals surface area (Å²) in [6.45, 7) is 5.04. The van der Waals surface area contributed by atoms with Crippen molar-refractivity contribution >= 4 is 6.09 Å². The topological polar surface area (TPSA) is 38.8 Å². The molecular weight excluding hydrogens is 290 g/mol. The fourth-order valence-corrected chi connectivity index (χ4v) is 3.33. The highest BCUT2D eigenvalue weighted by Gasteiger charge is 2.28. The molecule has 3 rings (SSSR count). The number of ether oxygens (including phenoxy) is 2. The van der Waals surface area contributed by atoms with Crippen molar-refractivity contribution in [2.75, 3.05) is 19.7 Å². The van der Waals surface area contributed by atoms with Crippen molar-refractivity contribution in [3.8, 4) is 0 Å². The van der Waals surface area contributed by atoms with E-state index in [1.807, 2.05) is 35.2 Å². The fraction of sp³-hybridized carbons (Fsp3) is 0.632. The number of amides is 1. The molecule has 1 saturated heterocycles.